The first-order valence-corrected chi connectivity index (χ1v) is 7.30. The maximum atomic E-state index is 10.8. The van der Waals surface area contributed by atoms with Crippen LogP contribution in [-0.2, 0) is 4.79 Å². The Morgan fingerprint density at radius 2 is 1.71 bits per heavy atom. The number of likely N-dealkylation sites (N-methyl/N-ethyl adjacent to an activating group) is 1. The number of carboxylic acids is 1. The van der Waals surface area contributed by atoms with Gasteiger partial charge in [-0.3, -0.25) is 4.79 Å². The number of rotatable bonds is 10. The van der Waals surface area contributed by atoms with Gasteiger partial charge in [0.1, 0.15) is 18.1 Å². The Labute approximate surface area is 126 Å². The maximum Gasteiger partial charge on any atom is 0.307 e. The number of nitrogens with zero attached hydrogens (tertiary/aromatic N) is 1. The van der Waals surface area contributed by atoms with E-state index < -0.39 is 5.97 Å². The number of ether oxygens (including phenoxy) is 2. The third-order valence-corrected chi connectivity index (χ3v) is 3.05. The van der Waals surface area contributed by atoms with Crippen molar-refractivity contribution in [3.63, 3.8) is 0 Å². The number of carbonyl (C=O) groups is 1. The number of hydrogen-bond acceptors (Lipinski definition) is 4. The molecule has 1 aromatic carbocycles. The van der Waals surface area contributed by atoms with Gasteiger partial charge in [-0.25, -0.2) is 0 Å². The zero-order valence-corrected chi connectivity index (χ0v) is 13.0. The van der Waals surface area contributed by atoms with Crippen LogP contribution in [0.1, 0.15) is 20.3 Å². The Morgan fingerprint density at radius 3 is 2.19 bits per heavy atom. The van der Waals surface area contributed by atoms with E-state index in [-0.39, 0.29) is 5.92 Å². The number of hydrogen-bond donors (Lipinski definition) is 1. The minimum atomic E-state index is -0.773. The standard InChI is InChI=1S/C16H25NO4/c1-4-10-20-14-5-7-15(8-6-14)21-11-9-17(3)12-13(2)16(18)19/h5-8,13H,4,9-12H2,1-3H3,(H,18,19). The Morgan fingerprint density at radius 1 is 1.19 bits per heavy atom. The second kappa shape index (κ2) is 9.23. The Kier molecular flexibility index (Phi) is 7.61. The second-order valence-electron chi connectivity index (χ2n) is 5.17. The minimum Gasteiger partial charge on any atom is -0.494 e. The molecule has 1 rings (SSSR count). The van der Waals surface area contributed by atoms with Crippen molar-refractivity contribution < 1.29 is 19.4 Å². The predicted molar refractivity (Wildman–Crippen MR) is 82.0 cm³/mol. The molecule has 1 N–H and O–H groups in total. The van der Waals surface area contributed by atoms with Crippen molar-refractivity contribution in [2.24, 2.45) is 5.92 Å². The lowest BCUT2D eigenvalue weighted by molar-refractivity contribution is -0.141. The van der Waals surface area contributed by atoms with Crippen molar-refractivity contribution in [3.05, 3.63) is 24.3 Å². The molecule has 0 fully saturated rings. The molecule has 1 unspecified atom stereocenters. The van der Waals surface area contributed by atoms with Crippen LogP contribution in [0.3, 0.4) is 0 Å². The fraction of sp³-hybridized carbons (Fsp3) is 0.562. The van der Waals surface area contributed by atoms with Crippen molar-refractivity contribution in [2.45, 2.75) is 20.3 Å². The normalized spacial score (nSPS) is 12.2. The molecule has 118 valence electrons. The van der Waals surface area contributed by atoms with Crippen molar-refractivity contribution in [3.8, 4) is 11.5 Å². The van der Waals surface area contributed by atoms with Gasteiger partial charge in [-0.2, -0.15) is 0 Å². The average Bonchev–Trinajstić information content (AvgIpc) is 2.46. The Hall–Kier alpha value is -1.75. The van der Waals surface area contributed by atoms with E-state index in [0.717, 1.165) is 17.9 Å². The summed E-state index contributed by atoms with van der Waals surface area (Å²) in [5, 5.41) is 8.85. The highest BCUT2D eigenvalue weighted by Crippen LogP contribution is 2.17. The number of benzene rings is 1. The molecular weight excluding hydrogens is 270 g/mol. The number of carboxylic acid groups (broad SMARTS) is 1. The molecule has 21 heavy (non-hydrogen) atoms. The molecule has 1 atom stereocenters. The molecule has 0 aliphatic carbocycles. The average molecular weight is 295 g/mol. The highest BCUT2D eigenvalue weighted by atomic mass is 16.5. The smallest absolute Gasteiger partial charge is 0.307 e. The molecule has 0 aliphatic heterocycles. The van der Waals surface area contributed by atoms with Gasteiger partial charge < -0.3 is 19.5 Å². The van der Waals surface area contributed by atoms with Crippen molar-refractivity contribution >= 4 is 5.97 Å². The van der Waals surface area contributed by atoms with E-state index in [1.807, 2.05) is 36.2 Å². The highest BCUT2D eigenvalue weighted by Gasteiger charge is 2.13. The van der Waals surface area contributed by atoms with Crippen molar-refractivity contribution in [1.29, 1.82) is 0 Å². The zero-order chi connectivity index (χ0) is 15.7. The molecule has 0 amide bonds. The molecule has 0 saturated carbocycles. The van der Waals surface area contributed by atoms with Gasteiger partial charge in [0.25, 0.3) is 0 Å². The summed E-state index contributed by atoms with van der Waals surface area (Å²) >= 11 is 0. The minimum absolute atomic E-state index is 0.370. The van der Waals surface area contributed by atoms with Gasteiger partial charge in [-0.1, -0.05) is 13.8 Å². The summed E-state index contributed by atoms with van der Waals surface area (Å²) in [6.45, 7) is 6.22. The third kappa shape index (κ3) is 6.99. The number of aliphatic carboxylic acids is 1. The maximum absolute atomic E-state index is 10.8. The second-order valence-corrected chi connectivity index (χ2v) is 5.17. The lowest BCUT2D eigenvalue weighted by atomic mass is 10.2. The SMILES string of the molecule is CCCOc1ccc(OCCN(C)CC(C)C(=O)O)cc1. The van der Waals surface area contributed by atoms with Crippen LogP contribution in [-0.4, -0.2) is 49.3 Å². The highest BCUT2D eigenvalue weighted by molar-refractivity contribution is 5.69. The molecule has 5 nitrogen and oxygen atoms in total. The summed E-state index contributed by atoms with van der Waals surface area (Å²) in [5.74, 6) is 0.491. The predicted octanol–water partition coefficient (Wildman–Crippen LogP) is 2.51. The Balaban J connectivity index is 2.27. The summed E-state index contributed by atoms with van der Waals surface area (Å²) in [6.07, 6.45) is 0.985. The van der Waals surface area contributed by atoms with Gasteiger partial charge in [0.15, 0.2) is 0 Å². The molecule has 5 heteroatoms. The molecular formula is C16H25NO4. The van der Waals surface area contributed by atoms with Crippen LogP contribution < -0.4 is 9.47 Å². The molecule has 0 spiro atoms. The van der Waals surface area contributed by atoms with Gasteiger partial charge in [0, 0.05) is 13.1 Å². The first-order chi connectivity index (χ1) is 10.0. The monoisotopic (exact) mass is 295 g/mol. The molecule has 0 aliphatic rings. The van der Waals surface area contributed by atoms with Crippen LogP contribution in [0.5, 0.6) is 11.5 Å². The van der Waals surface area contributed by atoms with Gasteiger partial charge in [0.2, 0.25) is 0 Å². The van der Waals surface area contributed by atoms with Crippen LogP contribution in [0.4, 0.5) is 0 Å². The quantitative estimate of drug-likeness (QED) is 0.718. The van der Waals surface area contributed by atoms with E-state index in [4.69, 9.17) is 14.6 Å². The van der Waals surface area contributed by atoms with Crippen molar-refractivity contribution in [1.82, 2.24) is 4.90 Å². The first kappa shape index (κ1) is 17.3. The van der Waals surface area contributed by atoms with Crippen LogP contribution in [0, 0.1) is 5.92 Å². The van der Waals surface area contributed by atoms with Crippen molar-refractivity contribution in [2.75, 3.05) is 33.4 Å². The van der Waals surface area contributed by atoms with Gasteiger partial charge in [0.05, 0.1) is 12.5 Å². The molecule has 0 heterocycles. The molecule has 0 saturated heterocycles. The summed E-state index contributed by atoms with van der Waals surface area (Å²) in [4.78, 5) is 12.7. The van der Waals surface area contributed by atoms with E-state index in [1.165, 1.54) is 0 Å². The summed E-state index contributed by atoms with van der Waals surface area (Å²) in [7, 11) is 1.89. The fourth-order valence-electron chi connectivity index (χ4n) is 1.81. The van der Waals surface area contributed by atoms with Crippen LogP contribution in [0.15, 0.2) is 24.3 Å². The summed E-state index contributed by atoms with van der Waals surface area (Å²) in [5.41, 5.74) is 0. The third-order valence-electron chi connectivity index (χ3n) is 3.05. The van der Waals surface area contributed by atoms with E-state index in [0.29, 0.717) is 26.3 Å². The first-order valence-electron chi connectivity index (χ1n) is 7.30. The Bertz CT molecular complexity index is 419. The van der Waals surface area contributed by atoms with E-state index >= 15 is 0 Å². The lowest BCUT2D eigenvalue weighted by Gasteiger charge is -2.19. The van der Waals surface area contributed by atoms with E-state index in [2.05, 4.69) is 6.92 Å². The molecule has 0 bridgehead atoms. The van der Waals surface area contributed by atoms with Crippen LogP contribution in [0.2, 0.25) is 0 Å². The largest absolute Gasteiger partial charge is 0.494 e. The summed E-state index contributed by atoms with van der Waals surface area (Å²) < 4.78 is 11.1. The molecule has 0 aromatic heterocycles. The molecule has 1 aromatic rings. The van der Waals surface area contributed by atoms with Gasteiger partial charge >= 0.3 is 5.97 Å². The van der Waals surface area contributed by atoms with Gasteiger partial charge in [-0.15, -0.1) is 0 Å². The lowest BCUT2D eigenvalue weighted by Crippen LogP contribution is -2.31. The summed E-state index contributed by atoms with van der Waals surface area (Å²) in [6, 6.07) is 7.54. The topological polar surface area (TPSA) is 59.0 Å². The van der Waals surface area contributed by atoms with E-state index in [1.54, 1.807) is 6.92 Å². The van der Waals surface area contributed by atoms with Gasteiger partial charge in [-0.05, 0) is 37.7 Å². The molecule has 0 radical (unpaired) electrons. The zero-order valence-electron chi connectivity index (χ0n) is 13.0. The van der Waals surface area contributed by atoms with Crippen LogP contribution in [0.25, 0.3) is 0 Å². The fourth-order valence-corrected chi connectivity index (χ4v) is 1.81. The van der Waals surface area contributed by atoms with E-state index in [9.17, 15) is 4.79 Å². The van der Waals surface area contributed by atoms with Crippen LogP contribution >= 0.6 is 0 Å².